The molecule has 1 aromatic heterocycles. The van der Waals surface area contributed by atoms with E-state index in [2.05, 4.69) is 25.0 Å². The first-order valence-electron chi connectivity index (χ1n) is 5.92. The number of halogens is 1. The molecule has 0 bridgehead atoms. The number of carbonyl (C=O) groups excluding carboxylic acids is 1. The highest BCUT2D eigenvalue weighted by atomic mass is 35.5. The Labute approximate surface area is 116 Å². The van der Waals surface area contributed by atoms with Gasteiger partial charge in [0.05, 0.1) is 14.2 Å². The van der Waals surface area contributed by atoms with Gasteiger partial charge in [-0.05, 0) is 24.4 Å². The van der Waals surface area contributed by atoms with Gasteiger partial charge in [-0.1, -0.05) is 6.42 Å². The molecule has 0 amide bonds. The van der Waals surface area contributed by atoms with Crippen LogP contribution in [0.3, 0.4) is 0 Å². The van der Waals surface area contributed by atoms with Gasteiger partial charge in [-0.15, -0.1) is 0 Å². The number of nitrogens with one attached hydrogen (secondary N) is 1. The molecule has 8 heteroatoms. The van der Waals surface area contributed by atoms with Crippen molar-refractivity contribution in [2.45, 2.75) is 25.7 Å². The molecule has 19 heavy (non-hydrogen) atoms. The molecular formula is C11H17ClN4O3. The number of carbonyl (C=O) groups is 1. The second-order valence-electron chi connectivity index (χ2n) is 3.73. The van der Waals surface area contributed by atoms with Crippen LogP contribution < -0.4 is 10.1 Å². The summed E-state index contributed by atoms with van der Waals surface area (Å²) in [4.78, 5) is 22.6. The third-order valence-electron chi connectivity index (χ3n) is 2.34. The Morgan fingerprint density at radius 1 is 1.21 bits per heavy atom. The highest BCUT2D eigenvalue weighted by molar-refractivity contribution is 6.28. The number of ether oxygens (including phenoxy) is 2. The van der Waals surface area contributed by atoms with E-state index in [0.29, 0.717) is 18.9 Å². The van der Waals surface area contributed by atoms with Crippen LogP contribution >= 0.6 is 11.6 Å². The third-order valence-corrected chi connectivity index (χ3v) is 2.51. The quantitative estimate of drug-likeness (QED) is 0.575. The van der Waals surface area contributed by atoms with Crippen molar-refractivity contribution in [2.24, 2.45) is 0 Å². The minimum atomic E-state index is -0.179. The maximum Gasteiger partial charge on any atom is 0.322 e. The number of nitrogens with zero attached hydrogens (tertiary/aromatic N) is 3. The average Bonchev–Trinajstić information content (AvgIpc) is 2.41. The molecule has 1 rings (SSSR count). The topological polar surface area (TPSA) is 86.2 Å². The molecule has 7 nitrogen and oxygen atoms in total. The van der Waals surface area contributed by atoms with E-state index < -0.39 is 0 Å². The molecule has 0 aliphatic carbocycles. The predicted molar refractivity (Wildman–Crippen MR) is 70.4 cm³/mol. The van der Waals surface area contributed by atoms with Crippen LogP contribution in [0, 0.1) is 0 Å². The number of aromatic nitrogens is 3. The van der Waals surface area contributed by atoms with Gasteiger partial charge in [0, 0.05) is 13.0 Å². The van der Waals surface area contributed by atoms with Crippen molar-refractivity contribution < 1.29 is 14.3 Å². The molecule has 0 spiro atoms. The molecule has 1 N–H and O–H groups in total. The minimum Gasteiger partial charge on any atom is -0.469 e. The maximum atomic E-state index is 10.9. The molecule has 1 heterocycles. The smallest absolute Gasteiger partial charge is 0.322 e. The van der Waals surface area contributed by atoms with Crippen LogP contribution in [0.1, 0.15) is 25.7 Å². The molecule has 106 valence electrons. The van der Waals surface area contributed by atoms with E-state index >= 15 is 0 Å². The van der Waals surface area contributed by atoms with Gasteiger partial charge in [-0.3, -0.25) is 4.79 Å². The third kappa shape index (κ3) is 6.19. The summed E-state index contributed by atoms with van der Waals surface area (Å²) in [5, 5.41) is 3.10. The zero-order valence-corrected chi connectivity index (χ0v) is 11.7. The minimum absolute atomic E-state index is 0.0834. The fourth-order valence-electron chi connectivity index (χ4n) is 1.38. The fraction of sp³-hybridized carbons (Fsp3) is 0.636. The Hall–Kier alpha value is -1.63. The molecule has 0 saturated carbocycles. The maximum absolute atomic E-state index is 10.9. The van der Waals surface area contributed by atoms with E-state index in [1.165, 1.54) is 14.2 Å². The number of esters is 1. The number of anilines is 1. The van der Waals surface area contributed by atoms with Crippen molar-refractivity contribution in [3.63, 3.8) is 0 Å². The summed E-state index contributed by atoms with van der Waals surface area (Å²) in [5.41, 5.74) is 0. The Morgan fingerprint density at radius 3 is 2.68 bits per heavy atom. The number of hydrogen-bond acceptors (Lipinski definition) is 7. The number of unbranched alkanes of at least 4 members (excludes halogenated alkanes) is 2. The van der Waals surface area contributed by atoms with E-state index in [1.807, 2.05) is 0 Å². The molecular weight excluding hydrogens is 272 g/mol. The van der Waals surface area contributed by atoms with Crippen LogP contribution in [0.4, 0.5) is 5.95 Å². The van der Waals surface area contributed by atoms with Gasteiger partial charge in [0.2, 0.25) is 11.2 Å². The molecule has 0 unspecified atom stereocenters. The van der Waals surface area contributed by atoms with Crippen molar-refractivity contribution in [1.29, 1.82) is 0 Å². The fourth-order valence-corrected chi connectivity index (χ4v) is 1.53. The van der Waals surface area contributed by atoms with E-state index in [1.54, 1.807) is 0 Å². The van der Waals surface area contributed by atoms with Crippen LogP contribution in [0.2, 0.25) is 5.28 Å². The monoisotopic (exact) mass is 288 g/mol. The number of methoxy groups -OCH3 is 2. The standard InChI is InChI=1S/C11H17ClN4O3/c1-18-8(17)6-4-3-5-7-13-10-14-9(12)15-11(16-10)19-2/h3-7H2,1-2H3,(H,13,14,15,16). The molecule has 0 aromatic carbocycles. The molecule has 0 fully saturated rings. The SMILES string of the molecule is COC(=O)CCCCCNc1nc(Cl)nc(OC)n1. The Balaban J connectivity index is 2.22. The lowest BCUT2D eigenvalue weighted by Gasteiger charge is -2.05. The molecule has 0 atom stereocenters. The number of rotatable bonds is 8. The Morgan fingerprint density at radius 2 is 2.00 bits per heavy atom. The summed E-state index contributed by atoms with van der Waals surface area (Å²) in [6.45, 7) is 0.685. The second-order valence-corrected chi connectivity index (χ2v) is 4.07. The second kappa shape index (κ2) is 8.47. The van der Waals surface area contributed by atoms with Gasteiger partial charge in [0.25, 0.3) is 0 Å². The zero-order chi connectivity index (χ0) is 14.1. The number of hydrogen-bond donors (Lipinski definition) is 1. The lowest BCUT2D eigenvalue weighted by Crippen LogP contribution is -2.07. The summed E-state index contributed by atoms with van der Waals surface area (Å²) >= 11 is 5.71. The summed E-state index contributed by atoms with van der Waals surface area (Å²) in [6.07, 6.45) is 3.05. The molecule has 1 aromatic rings. The van der Waals surface area contributed by atoms with Gasteiger partial charge in [-0.2, -0.15) is 15.0 Å². The van der Waals surface area contributed by atoms with E-state index in [-0.39, 0.29) is 17.3 Å². The normalized spacial score (nSPS) is 10.1. The van der Waals surface area contributed by atoms with Gasteiger partial charge in [0.15, 0.2) is 0 Å². The van der Waals surface area contributed by atoms with E-state index in [4.69, 9.17) is 16.3 Å². The van der Waals surface area contributed by atoms with Crippen LogP contribution in [-0.2, 0) is 9.53 Å². The lowest BCUT2D eigenvalue weighted by atomic mass is 10.2. The summed E-state index contributed by atoms with van der Waals surface area (Å²) in [7, 11) is 2.85. The molecule has 0 aliphatic heterocycles. The van der Waals surface area contributed by atoms with Gasteiger partial charge >= 0.3 is 12.0 Å². The van der Waals surface area contributed by atoms with Crippen LogP contribution in [0.25, 0.3) is 0 Å². The molecule has 0 saturated heterocycles. The first-order valence-corrected chi connectivity index (χ1v) is 6.29. The average molecular weight is 289 g/mol. The van der Waals surface area contributed by atoms with Gasteiger partial charge < -0.3 is 14.8 Å². The lowest BCUT2D eigenvalue weighted by molar-refractivity contribution is -0.140. The predicted octanol–water partition coefficient (Wildman–Crippen LogP) is 1.68. The highest BCUT2D eigenvalue weighted by Gasteiger charge is 2.04. The van der Waals surface area contributed by atoms with E-state index in [9.17, 15) is 4.79 Å². The molecule has 0 aliphatic rings. The van der Waals surface area contributed by atoms with Gasteiger partial charge in [-0.25, -0.2) is 0 Å². The highest BCUT2D eigenvalue weighted by Crippen LogP contribution is 2.11. The molecule has 0 radical (unpaired) electrons. The van der Waals surface area contributed by atoms with Crippen molar-refractivity contribution in [3.05, 3.63) is 5.28 Å². The first kappa shape index (κ1) is 15.4. The van der Waals surface area contributed by atoms with Crippen LogP contribution in [0.5, 0.6) is 6.01 Å². The first-order chi connectivity index (χ1) is 9.15. The van der Waals surface area contributed by atoms with Gasteiger partial charge in [0.1, 0.15) is 0 Å². The Kier molecular flexibility index (Phi) is 6.88. The van der Waals surface area contributed by atoms with Crippen LogP contribution in [0.15, 0.2) is 0 Å². The zero-order valence-electron chi connectivity index (χ0n) is 11.0. The summed E-state index contributed by atoms with van der Waals surface area (Å²) in [6, 6.07) is 0.174. The van der Waals surface area contributed by atoms with Crippen molar-refractivity contribution in [2.75, 3.05) is 26.1 Å². The van der Waals surface area contributed by atoms with Crippen molar-refractivity contribution in [3.8, 4) is 6.01 Å². The summed E-state index contributed by atoms with van der Waals surface area (Å²) in [5.74, 6) is 0.201. The van der Waals surface area contributed by atoms with Crippen molar-refractivity contribution >= 4 is 23.5 Å². The summed E-state index contributed by atoms with van der Waals surface area (Å²) < 4.78 is 9.44. The Bertz CT molecular complexity index is 417. The largest absolute Gasteiger partial charge is 0.469 e. The van der Waals surface area contributed by atoms with E-state index in [0.717, 1.165) is 19.3 Å². The van der Waals surface area contributed by atoms with Crippen LogP contribution in [-0.4, -0.2) is 41.7 Å². The van der Waals surface area contributed by atoms with Crippen molar-refractivity contribution in [1.82, 2.24) is 15.0 Å².